The number of ether oxygens (including phenoxy) is 1. The van der Waals surface area contributed by atoms with Crippen molar-refractivity contribution in [3.63, 3.8) is 0 Å². The van der Waals surface area contributed by atoms with Crippen LogP contribution in [0.3, 0.4) is 0 Å². The van der Waals surface area contributed by atoms with Crippen molar-refractivity contribution in [1.82, 2.24) is 9.78 Å². The third-order valence-corrected chi connectivity index (χ3v) is 3.42. The molecule has 0 fully saturated rings. The second-order valence-electron chi connectivity index (χ2n) is 3.56. The second kappa shape index (κ2) is 5.14. The Hall–Kier alpha value is -1.95. The molecule has 0 aliphatic rings. The molecule has 5 nitrogen and oxygen atoms in total. The van der Waals surface area contributed by atoms with Gasteiger partial charge in [0.15, 0.2) is 5.69 Å². The lowest BCUT2D eigenvalue weighted by atomic mass is 10.3. The number of hydrogen-bond donors (Lipinski definition) is 1. The van der Waals surface area contributed by atoms with Crippen LogP contribution in [0.1, 0.15) is 10.5 Å². The molecule has 0 aliphatic heterocycles. The van der Waals surface area contributed by atoms with E-state index in [1.165, 1.54) is 16.4 Å². The number of hydrogen-bond acceptors (Lipinski definition) is 4. The summed E-state index contributed by atoms with van der Waals surface area (Å²) >= 11 is 1.36. The van der Waals surface area contributed by atoms with Crippen LogP contribution in [0.2, 0.25) is 0 Å². The molecule has 0 unspecified atom stereocenters. The fraction of sp³-hybridized carbons (Fsp3) is 0.167. The van der Waals surface area contributed by atoms with Gasteiger partial charge < -0.3 is 9.84 Å². The lowest BCUT2D eigenvalue weighted by Gasteiger charge is -2.03. The summed E-state index contributed by atoms with van der Waals surface area (Å²) in [6.45, 7) is 0. The summed E-state index contributed by atoms with van der Waals surface area (Å²) in [7, 11) is 3.22. The molecule has 0 bridgehead atoms. The number of aryl methyl sites for hydroxylation is 1. The zero-order chi connectivity index (χ0) is 13.1. The molecule has 0 saturated carbocycles. The number of carboxylic acids is 1. The minimum atomic E-state index is -0.981. The Kier molecular flexibility index (Phi) is 3.57. The number of carboxylic acid groups (broad SMARTS) is 1. The summed E-state index contributed by atoms with van der Waals surface area (Å²) < 4.78 is 6.42. The van der Waals surface area contributed by atoms with Gasteiger partial charge in [-0.2, -0.15) is 5.10 Å². The molecule has 18 heavy (non-hydrogen) atoms. The van der Waals surface area contributed by atoms with Crippen LogP contribution in [0.25, 0.3) is 0 Å². The Bertz CT molecular complexity index is 563. The SMILES string of the molecule is COc1ccc(Sc2cnn(C)c2C(=O)O)cc1. The summed E-state index contributed by atoms with van der Waals surface area (Å²) in [6.07, 6.45) is 1.55. The quantitative estimate of drug-likeness (QED) is 0.917. The molecule has 2 rings (SSSR count). The van der Waals surface area contributed by atoms with Gasteiger partial charge in [-0.25, -0.2) is 4.79 Å². The predicted molar refractivity (Wildman–Crippen MR) is 67.3 cm³/mol. The number of carbonyl (C=O) groups is 1. The lowest BCUT2D eigenvalue weighted by Crippen LogP contribution is -2.06. The van der Waals surface area contributed by atoms with Gasteiger partial charge in [0.2, 0.25) is 0 Å². The van der Waals surface area contributed by atoms with E-state index in [0.29, 0.717) is 4.90 Å². The smallest absolute Gasteiger partial charge is 0.355 e. The molecule has 0 radical (unpaired) electrons. The van der Waals surface area contributed by atoms with Gasteiger partial charge in [0.05, 0.1) is 18.2 Å². The van der Waals surface area contributed by atoms with E-state index in [9.17, 15) is 4.79 Å². The maximum Gasteiger partial charge on any atom is 0.355 e. The van der Waals surface area contributed by atoms with Crippen LogP contribution in [0, 0.1) is 0 Å². The maximum atomic E-state index is 11.1. The molecule has 1 aromatic heterocycles. The van der Waals surface area contributed by atoms with Crippen LogP contribution in [0.4, 0.5) is 0 Å². The lowest BCUT2D eigenvalue weighted by molar-refractivity contribution is 0.0681. The van der Waals surface area contributed by atoms with Crippen LogP contribution >= 0.6 is 11.8 Å². The molecule has 0 spiro atoms. The van der Waals surface area contributed by atoms with E-state index < -0.39 is 5.97 Å². The maximum absolute atomic E-state index is 11.1. The number of benzene rings is 1. The molecule has 0 atom stereocenters. The molecule has 2 aromatic rings. The molecular weight excluding hydrogens is 252 g/mol. The molecule has 1 aromatic carbocycles. The van der Waals surface area contributed by atoms with Crippen molar-refractivity contribution < 1.29 is 14.6 Å². The van der Waals surface area contributed by atoms with E-state index in [1.54, 1.807) is 20.4 Å². The number of aromatic carboxylic acids is 1. The highest BCUT2D eigenvalue weighted by molar-refractivity contribution is 7.99. The van der Waals surface area contributed by atoms with Crippen LogP contribution in [0.5, 0.6) is 5.75 Å². The number of rotatable bonds is 4. The normalized spacial score (nSPS) is 10.3. The van der Waals surface area contributed by atoms with E-state index in [-0.39, 0.29) is 5.69 Å². The third kappa shape index (κ3) is 2.48. The van der Waals surface area contributed by atoms with Crippen LogP contribution in [-0.4, -0.2) is 28.0 Å². The van der Waals surface area contributed by atoms with Crippen molar-refractivity contribution in [3.05, 3.63) is 36.2 Å². The third-order valence-electron chi connectivity index (χ3n) is 2.40. The van der Waals surface area contributed by atoms with E-state index in [1.807, 2.05) is 24.3 Å². The van der Waals surface area contributed by atoms with E-state index >= 15 is 0 Å². The van der Waals surface area contributed by atoms with Crippen LogP contribution in [-0.2, 0) is 7.05 Å². The Morgan fingerprint density at radius 2 is 2.06 bits per heavy atom. The van der Waals surface area contributed by atoms with Crippen LogP contribution < -0.4 is 4.74 Å². The Morgan fingerprint density at radius 1 is 1.39 bits per heavy atom. The molecule has 94 valence electrons. The largest absolute Gasteiger partial charge is 0.497 e. The van der Waals surface area contributed by atoms with Crippen molar-refractivity contribution in [2.45, 2.75) is 9.79 Å². The molecule has 6 heteroatoms. The summed E-state index contributed by atoms with van der Waals surface area (Å²) in [5.41, 5.74) is 0.191. The monoisotopic (exact) mass is 264 g/mol. The summed E-state index contributed by atoms with van der Waals surface area (Å²) in [5.74, 6) is -0.213. The van der Waals surface area contributed by atoms with Gasteiger partial charge in [-0.05, 0) is 24.3 Å². The molecule has 0 amide bonds. The summed E-state index contributed by atoms with van der Waals surface area (Å²) in [5, 5.41) is 13.1. The number of nitrogens with zero attached hydrogens (tertiary/aromatic N) is 2. The Balaban J connectivity index is 2.25. The first-order valence-corrected chi connectivity index (χ1v) is 6.00. The fourth-order valence-electron chi connectivity index (χ4n) is 1.51. The van der Waals surface area contributed by atoms with E-state index in [4.69, 9.17) is 9.84 Å². The second-order valence-corrected chi connectivity index (χ2v) is 4.68. The molecule has 0 saturated heterocycles. The Labute approximate surface area is 108 Å². The minimum Gasteiger partial charge on any atom is -0.497 e. The molecule has 1 heterocycles. The highest BCUT2D eigenvalue weighted by atomic mass is 32.2. The van der Waals surface area contributed by atoms with Gasteiger partial charge >= 0.3 is 5.97 Å². The van der Waals surface area contributed by atoms with Crippen molar-refractivity contribution in [1.29, 1.82) is 0 Å². The number of aromatic nitrogens is 2. The van der Waals surface area contributed by atoms with Crippen molar-refractivity contribution >= 4 is 17.7 Å². The first kappa shape index (κ1) is 12.5. The average molecular weight is 264 g/mol. The fourth-order valence-corrected chi connectivity index (χ4v) is 2.45. The predicted octanol–water partition coefficient (Wildman–Crippen LogP) is 2.28. The highest BCUT2D eigenvalue weighted by Crippen LogP contribution is 2.31. The van der Waals surface area contributed by atoms with Gasteiger partial charge in [-0.15, -0.1) is 0 Å². The zero-order valence-corrected chi connectivity index (χ0v) is 10.8. The zero-order valence-electron chi connectivity index (χ0n) is 9.95. The summed E-state index contributed by atoms with van der Waals surface area (Å²) in [6, 6.07) is 7.42. The number of methoxy groups -OCH3 is 1. The topological polar surface area (TPSA) is 64.4 Å². The van der Waals surface area contributed by atoms with Gasteiger partial charge in [0.1, 0.15) is 5.75 Å². The van der Waals surface area contributed by atoms with Crippen molar-refractivity contribution in [2.75, 3.05) is 7.11 Å². The minimum absolute atomic E-state index is 0.191. The Morgan fingerprint density at radius 3 is 2.61 bits per heavy atom. The van der Waals surface area contributed by atoms with Gasteiger partial charge in [0.25, 0.3) is 0 Å². The molecule has 1 N–H and O–H groups in total. The molecule has 0 aliphatic carbocycles. The van der Waals surface area contributed by atoms with Gasteiger partial charge in [-0.1, -0.05) is 11.8 Å². The van der Waals surface area contributed by atoms with Gasteiger partial charge in [0, 0.05) is 11.9 Å². The van der Waals surface area contributed by atoms with Crippen molar-refractivity contribution in [2.24, 2.45) is 7.05 Å². The van der Waals surface area contributed by atoms with E-state index in [0.717, 1.165) is 10.6 Å². The highest BCUT2D eigenvalue weighted by Gasteiger charge is 2.16. The molecular formula is C12H12N2O3S. The van der Waals surface area contributed by atoms with E-state index in [2.05, 4.69) is 5.10 Å². The first-order valence-electron chi connectivity index (χ1n) is 5.19. The van der Waals surface area contributed by atoms with Crippen molar-refractivity contribution in [3.8, 4) is 5.75 Å². The summed E-state index contributed by atoms with van der Waals surface area (Å²) in [4.78, 5) is 12.7. The first-order chi connectivity index (χ1) is 8.61. The van der Waals surface area contributed by atoms with Gasteiger partial charge in [-0.3, -0.25) is 4.68 Å². The standard InChI is InChI=1S/C12H12N2O3S/c1-14-11(12(15)16)10(7-13-14)18-9-5-3-8(17-2)4-6-9/h3-7H,1-2H3,(H,15,16). The van der Waals surface area contributed by atoms with Crippen LogP contribution in [0.15, 0.2) is 40.3 Å². The average Bonchev–Trinajstić information content (AvgIpc) is 2.71.